The summed E-state index contributed by atoms with van der Waals surface area (Å²) in [6.45, 7) is 3.58. The number of aryl methyl sites for hydroxylation is 2. The molecule has 0 aliphatic rings. The highest BCUT2D eigenvalue weighted by Gasteiger charge is 2.31. The number of sulfone groups is 1. The second-order valence-electron chi connectivity index (χ2n) is 8.69. The third-order valence-corrected chi connectivity index (χ3v) is 8.96. The lowest BCUT2D eigenvalue weighted by atomic mass is 10.2. The van der Waals surface area contributed by atoms with Gasteiger partial charge in [-0.1, -0.05) is 31.5 Å². The minimum Gasteiger partial charge on any atom is -0.494 e. The average Bonchev–Trinajstić information content (AvgIpc) is 3.33. The predicted molar refractivity (Wildman–Crippen MR) is 148 cm³/mol. The minimum absolute atomic E-state index is 0.0804. The molecule has 0 saturated heterocycles. The van der Waals surface area contributed by atoms with Crippen molar-refractivity contribution < 1.29 is 32.9 Å². The van der Waals surface area contributed by atoms with Gasteiger partial charge in [0, 0.05) is 16.9 Å². The molecular formula is C27H27N3O8S2. The number of carboxylic acid groups (broad SMARTS) is 1. The first kappa shape index (κ1) is 28.8. The third kappa shape index (κ3) is 5.17. The van der Waals surface area contributed by atoms with E-state index in [-0.39, 0.29) is 40.0 Å². The van der Waals surface area contributed by atoms with Crippen LogP contribution in [0.15, 0.2) is 57.1 Å². The zero-order valence-corrected chi connectivity index (χ0v) is 23.8. The highest BCUT2D eigenvalue weighted by molar-refractivity contribution is 7.91. The number of hydrogen-bond acceptors (Lipinski definition) is 10. The van der Waals surface area contributed by atoms with Crippen molar-refractivity contribution in [1.29, 1.82) is 0 Å². The maximum absolute atomic E-state index is 13.9. The van der Waals surface area contributed by atoms with Crippen LogP contribution in [0.3, 0.4) is 0 Å². The SMILES string of the molecule is CCCCc1nc(O)c(S(=O)(=O)c2ccc(-c3nc(C(=O)O)c(C)s3)cc2)c(=O)n1-c1c(OC)cccc1OC. The van der Waals surface area contributed by atoms with Crippen molar-refractivity contribution in [3.05, 3.63) is 69.2 Å². The minimum atomic E-state index is -4.56. The molecule has 13 heteroatoms. The van der Waals surface area contributed by atoms with Crippen molar-refractivity contribution in [1.82, 2.24) is 14.5 Å². The van der Waals surface area contributed by atoms with E-state index in [4.69, 9.17) is 9.47 Å². The summed E-state index contributed by atoms with van der Waals surface area (Å²) in [6, 6.07) is 10.3. The maximum atomic E-state index is 13.9. The van der Waals surface area contributed by atoms with Crippen molar-refractivity contribution in [2.75, 3.05) is 14.2 Å². The lowest BCUT2D eigenvalue weighted by Crippen LogP contribution is -2.29. The Morgan fingerprint density at radius 2 is 1.68 bits per heavy atom. The lowest BCUT2D eigenvalue weighted by Gasteiger charge is -2.19. The molecule has 11 nitrogen and oxygen atoms in total. The van der Waals surface area contributed by atoms with E-state index in [9.17, 15) is 28.2 Å². The van der Waals surface area contributed by atoms with Gasteiger partial charge in [0.2, 0.25) is 15.7 Å². The van der Waals surface area contributed by atoms with Gasteiger partial charge in [-0.05, 0) is 37.6 Å². The fourth-order valence-corrected chi connectivity index (χ4v) is 6.42. The quantitative estimate of drug-likeness (QED) is 0.275. The van der Waals surface area contributed by atoms with Crippen LogP contribution in [-0.4, -0.2) is 53.4 Å². The molecule has 0 fully saturated rings. The number of hydrogen-bond donors (Lipinski definition) is 2. The van der Waals surface area contributed by atoms with Crippen molar-refractivity contribution >= 4 is 27.1 Å². The number of unbranched alkanes of at least 4 members (excludes halogenated alkanes) is 1. The van der Waals surface area contributed by atoms with Gasteiger partial charge in [0.15, 0.2) is 10.6 Å². The van der Waals surface area contributed by atoms with Gasteiger partial charge < -0.3 is 19.7 Å². The Balaban J connectivity index is 1.90. The Morgan fingerprint density at radius 3 is 2.20 bits per heavy atom. The Kier molecular flexibility index (Phi) is 8.26. The van der Waals surface area contributed by atoms with Crippen LogP contribution in [0, 0.1) is 6.92 Å². The Labute approximate surface area is 234 Å². The van der Waals surface area contributed by atoms with Gasteiger partial charge in [-0.25, -0.2) is 18.2 Å². The van der Waals surface area contributed by atoms with Crippen LogP contribution in [0.1, 0.15) is 41.0 Å². The third-order valence-electron chi connectivity index (χ3n) is 6.15. The van der Waals surface area contributed by atoms with E-state index >= 15 is 0 Å². The maximum Gasteiger partial charge on any atom is 0.355 e. The molecular weight excluding hydrogens is 558 g/mol. The molecule has 2 aromatic heterocycles. The first-order valence-electron chi connectivity index (χ1n) is 12.2. The predicted octanol–water partition coefficient (Wildman–Crippen LogP) is 4.26. The largest absolute Gasteiger partial charge is 0.494 e. The monoisotopic (exact) mass is 585 g/mol. The number of aromatic nitrogens is 3. The fraction of sp³-hybridized carbons (Fsp3) is 0.259. The molecule has 40 heavy (non-hydrogen) atoms. The number of thiazole rings is 1. The zero-order valence-electron chi connectivity index (χ0n) is 22.2. The Hall–Kier alpha value is -4.23. The number of carboxylic acids is 1. The zero-order chi connectivity index (χ0) is 29.2. The van der Waals surface area contributed by atoms with E-state index < -0.39 is 32.1 Å². The molecule has 2 heterocycles. The van der Waals surface area contributed by atoms with E-state index in [1.807, 2.05) is 6.92 Å². The summed E-state index contributed by atoms with van der Waals surface area (Å²) in [6.07, 6.45) is 1.66. The summed E-state index contributed by atoms with van der Waals surface area (Å²) in [7, 11) is -1.74. The Morgan fingerprint density at radius 1 is 1.05 bits per heavy atom. The molecule has 0 aliphatic carbocycles. The second kappa shape index (κ2) is 11.5. The molecule has 0 atom stereocenters. The summed E-state index contributed by atoms with van der Waals surface area (Å²) < 4.78 is 39.5. The molecule has 0 spiro atoms. The number of rotatable bonds is 10. The van der Waals surface area contributed by atoms with Gasteiger partial charge in [0.1, 0.15) is 28.0 Å². The topological polar surface area (TPSA) is 158 Å². The van der Waals surface area contributed by atoms with E-state index in [0.717, 1.165) is 22.3 Å². The summed E-state index contributed by atoms with van der Waals surface area (Å²) in [4.78, 5) is 32.9. The molecule has 210 valence electrons. The molecule has 0 radical (unpaired) electrons. The van der Waals surface area contributed by atoms with Crippen LogP contribution in [0.25, 0.3) is 16.3 Å². The van der Waals surface area contributed by atoms with Gasteiger partial charge in [-0.3, -0.25) is 9.36 Å². The number of carbonyl (C=O) groups is 1. The van der Waals surface area contributed by atoms with Crippen LogP contribution in [-0.2, 0) is 16.3 Å². The number of para-hydroxylation sites is 1. The molecule has 4 rings (SSSR count). The van der Waals surface area contributed by atoms with Crippen molar-refractivity contribution in [2.45, 2.75) is 42.9 Å². The number of methoxy groups -OCH3 is 2. The van der Waals surface area contributed by atoms with E-state index in [2.05, 4.69) is 9.97 Å². The standard InChI is InChI=1S/C27H27N3O8S2/c1-5-6-10-20-28-24(31)23(26(32)30(20)22-18(37-3)8-7-9-19(22)38-4)40(35,36)17-13-11-16(12-14-17)25-29-21(27(33)34)15(2)39-25/h7-9,11-14,31H,5-6,10H2,1-4H3,(H,33,34). The van der Waals surface area contributed by atoms with E-state index in [1.165, 1.54) is 38.5 Å². The first-order chi connectivity index (χ1) is 19.0. The van der Waals surface area contributed by atoms with Crippen LogP contribution >= 0.6 is 11.3 Å². The smallest absolute Gasteiger partial charge is 0.355 e. The molecule has 0 unspecified atom stereocenters. The highest BCUT2D eigenvalue weighted by Crippen LogP contribution is 2.35. The summed E-state index contributed by atoms with van der Waals surface area (Å²) >= 11 is 1.16. The fourth-order valence-electron chi connectivity index (χ4n) is 4.17. The van der Waals surface area contributed by atoms with Gasteiger partial charge in [-0.2, -0.15) is 4.98 Å². The van der Waals surface area contributed by atoms with Crippen molar-refractivity contribution in [3.63, 3.8) is 0 Å². The molecule has 0 aliphatic heterocycles. The average molecular weight is 586 g/mol. The molecule has 4 aromatic rings. The van der Waals surface area contributed by atoms with Crippen LogP contribution in [0.5, 0.6) is 17.4 Å². The van der Waals surface area contributed by atoms with Gasteiger partial charge >= 0.3 is 5.97 Å². The van der Waals surface area contributed by atoms with Gasteiger partial charge in [0.25, 0.3) is 5.56 Å². The molecule has 0 bridgehead atoms. The van der Waals surface area contributed by atoms with E-state index in [1.54, 1.807) is 25.1 Å². The molecule has 2 aromatic carbocycles. The number of ether oxygens (including phenoxy) is 2. The summed E-state index contributed by atoms with van der Waals surface area (Å²) in [5.74, 6) is -1.42. The number of aromatic carboxylic acids is 1. The lowest BCUT2D eigenvalue weighted by molar-refractivity contribution is 0.0690. The first-order valence-corrected chi connectivity index (χ1v) is 14.5. The second-order valence-corrected chi connectivity index (χ2v) is 11.8. The Bertz CT molecular complexity index is 1720. The number of aromatic hydroxyl groups is 1. The van der Waals surface area contributed by atoms with Gasteiger partial charge in [-0.15, -0.1) is 11.3 Å². The van der Waals surface area contributed by atoms with Crippen molar-refractivity contribution in [3.8, 4) is 33.6 Å². The van der Waals surface area contributed by atoms with E-state index in [0.29, 0.717) is 21.9 Å². The number of nitrogens with zero attached hydrogens (tertiary/aromatic N) is 3. The highest BCUT2D eigenvalue weighted by atomic mass is 32.2. The molecule has 2 N–H and O–H groups in total. The molecule has 0 saturated carbocycles. The number of benzene rings is 2. The molecule has 0 amide bonds. The van der Waals surface area contributed by atoms with Crippen LogP contribution in [0.4, 0.5) is 0 Å². The summed E-state index contributed by atoms with van der Waals surface area (Å²) in [5.41, 5.74) is -0.431. The normalized spacial score (nSPS) is 11.4. The van der Waals surface area contributed by atoms with Gasteiger partial charge in [0.05, 0.1) is 19.1 Å². The van der Waals surface area contributed by atoms with Crippen LogP contribution < -0.4 is 15.0 Å². The van der Waals surface area contributed by atoms with Crippen molar-refractivity contribution in [2.24, 2.45) is 0 Å². The van der Waals surface area contributed by atoms with Crippen LogP contribution in [0.2, 0.25) is 0 Å². The summed E-state index contributed by atoms with van der Waals surface area (Å²) in [5, 5.41) is 20.5.